The Morgan fingerprint density at radius 1 is 0.966 bits per heavy atom. The first-order chi connectivity index (χ1) is 13.4. The van der Waals surface area contributed by atoms with Crippen molar-refractivity contribution in [1.29, 1.82) is 0 Å². The van der Waals surface area contributed by atoms with Crippen LogP contribution < -0.4 is 0 Å². The van der Waals surface area contributed by atoms with E-state index >= 15 is 0 Å². The minimum Gasteiger partial charge on any atom is -0.458 e. The molecule has 1 unspecified atom stereocenters. The topological polar surface area (TPSA) is 80.7 Å². The van der Waals surface area contributed by atoms with E-state index in [1.165, 1.54) is 0 Å². The summed E-state index contributed by atoms with van der Waals surface area (Å²) in [6.45, 7) is 0. The predicted molar refractivity (Wildman–Crippen MR) is 98.5 cm³/mol. The van der Waals surface area contributed by atoms with Gasteiger partial charge in [-0.3, -0.25) is 4.55 Å². The second-order valence-electron chi connectivity index (χ2n) is 10.00. The van der Waals surface area contributed by atoms with Gasteiger partial charge in [0.1, 0.15) is 5.60 Å². The van der Waals surface area contributed by atoms with Crippen molar-refractivity contribution in [2.24, 2.45) is 23.7 Å². The summed E-state index contributed by atoms with van der Waals surface area (Å²) >= 11 is 0. The quantitative estimate of drug-likeness (QED) is 0.499. The van der Waals surface area contributed by atoms with Crippen LogP contribution in [0.15, 0.2) is 0 Å². The van der Waals surface area contributed by atoms with Crippen molar-refractivity contribution >= 4 is 16.1 Å². The summed E-state index contributed by atoms with van der Waals surface area (Å²) in [4.78, 5) is 13.0. The molecule has 0 aromatic rings. The Balaban J connectivity index is 1.66. The Morgan fingerprint density at radius 2 is 1.45 bits per heavy atom. The standard InChI is InChI=1S/C20H29F3O5S/c21-20(22,23)19(29(25,26)27,12-13-4-2-1-3-5-13)17(24)28-18-9-14-6-15(10-18)8-16(7-14)11-18/h13-16H,1-12H2,(H,25,26,27). The summed E-state index contributed by atoms with van der Waals surface area (Å²) in [5.41, 5.74) is -1.01. The van der Waals surface area contributed by atoms with Gasteiger partial charge in [-0.2, -0.15) is 21.6 Å². The molecule has 0 aliphatic heterocycles. The summed E-state index contributed by atoms with van der Waals surface area (Å²) in [5.74, 6) is -1.45. The van der Waals surface area contributed by atoms with Crippen LogP contribution in [0.5, 0.6) is 0 Å². The van der Waals surface area contributed by atoms with Crippen LogP contribution in [0.25, 0.3) is 0 Å². The maximum Gasteiger partial charge on any atom is 0.421 e. The van der Waals surface area contributed by atoms with Gasteiger partial charge in [-0.15, -0.1) is 0 Å². The lowest BCUT2D eigenvalue weighted by molar-refractivity contribution is -0.216. The van der Waals surface area contributed by atoms with E-state index in [1.54, 1.807) is 0 Å². The van der Waals surface area contributed by atoms with Crippen LogP contribution in [0.2, 0.25) is 0 Å². The third kappa shape index (κ3) is 3.70. The lowest BCUT2D eigenvalue weighted by Crippen LogP contribution is -2.62. The maximum atomic E-state index is 14.2. The van der Waals surface area contributed by atoms with Gasteiger partial charge < -0.3 is 4.74 Å². The number of esters is 1. The van der Waals surface area contributed by atoms with Crippen molar-refractivity contribution in [3.63, 3.8) is 0 Å². The van der Waals surface area contributed by atoms with Gasteiger partial charge in [0.25, 0.3) is 14.9 Å². The van der Waals surface area contributed by atoms with Crippen molar-refractivity contribution < 1.29 is 35.7 Å². The summed E-state index contributed by atoms with van der Waals surface area (Å²) < 4.78 is 78.2. The van der Waals surface area contributed by atoms with Crippen molar-refractivity contribution in [3.05, 3.63) is 0 Å². The van der Waals surface area contributed by atoms with Crippen LogP contribution in [-0.4, -0.2) is 35.5 Å². The highest BCUT2D eigenvalue weighted by Gasteiger charge is 2.72. The molecule has 5 rings (SSSR count). The second-order valence-corrected chi connectivity index (χ2v) is 11.6. The smallest absolute Gasteiger partial charge is 0.421 e. The minimum atomic E-state index is -5.77. The summed E-state index contributed by atoms with van der Waals surface area (Å²) in [6, 6.07) is 0. The van der Waals surface area contributed by atoms with Crippen molar-refractivity contribution in [3.8, 4) is 0 Å². The molecule has 5 saturated carbocycles. The minimum absolute atomic E-state index is 0.318. The Labute approximate surface area is 169 Å². The highest BCUT2D eigenvalue weighted by molar-refractivity contribution is 7.88. The molecule has 5 fully saturated rings. The fourth-order valence-corrected chi connectivity index (χ4v) is 7.90. The molecule has 0 aromatic heterocycles. The van der Waals surface area contributed by atoms with E-state index in [2.05, 4.69) is 0 Å². The van der Waals surface area contributed by atoms with Gasteiger partial charge >= 0.3 is 12.1 Å². The Bertz CT molecular complexity index is 721. The van der Waals surface area contributed by atoms with Crippen LogP contribution in [-0.2, 0) is 19.6 Å². The van der Waals surface area contributed by atoms with Crippen molar-refractivity contribution in [1.82, 2.24) is 0 Å². The van der Waals surface area contributed by atoms with Crippen LogP contribution in [0, 0.1) is 23.7 Å². The second kappa shape index (κ2) is 7.11. The third-order valence-electron chi connectivity index (χ3n) is 7.82. The Kier molecular flexibility index (Phi) is 5.25. The molecule has 0 heterocycles. The number of hydrogen-bond donors (Lipinski definition) is 1. The SMILES string of the molecule is O=C(OC12CC3CC(CC(C3)C1)C2)C(CC1CCCCC1)(C(F)(F)F)S(=O)(=O)O. The molecule has 166 valence electrons. The zero-order valence-corrected chi connectivity index (χ0v) is 17.2. The van der Waals surface area contributed by atoms with E-state index in [-0.39, 0.29) is 0 Å². The van der Waals surface area contributed by atoms with Gasteiger partial charge in [0.15, 0.2) is 0 Å². The van der Waals surface area contributed by atoms with E-state index in [1.807, 2.05) is 0 Å². The largest absolute Gasteiger partial charge is 0.458 e. The number of ether oxygens (including phenoxy) is 1. The lowest BCUT2D eigenvalue weighted by atomic mass is 9.54. The molecule has 4 bridgehead atoms. The first kappa shape index (κ1) is 21.4. The average molecular weight is 439 g/mol. The monoisotopic (exact) mass is 438 g/mol. The molecule has 1 atom stereocenters. The van der Waals surface area contributed by atoms with E-state index in [9.17, 15) is 30.9 Å². The zero-order chi connectivity index (χ0) is 21.1. The third-order valence-corrected chi connectivity index (χ3v) is 9.27. The summed E-state index contributed by atoms with van der Waals surface area (Å²) in [7, 11) is -5.77. The molecule has 1 N–H and O–H groups in total. The van der Waals surface area contributed by atoms with Crippen LogP contribution in [0.3, 0.4) is 0 Å². The van der Waals surface area contributed by atoms with Crippen LogP contribution in [0.4, 0.5) is 13.2 Å². The zero-order valence-electron chi connectivity index (χ0n) is 16.4. The first-order valence-electron chi connectivity index (χ1n) is 10.7. The fourth-order valence-electron chi connectivity index (χ4n) is 6.90. The Morgan fingerprint density at radius 3 is 1.86 bits per heavy atom. The normalized spacial score (nSPS) is 37.3. The van der Waals surface area contributed by atoms with Gasteiger partial charge in [0, 0.05) is 0 Å². The van der Waals surface area contributed by atoms with Gasteiger partial charge in [0.2, 0.25) is 0 Å². The molecule has 5 aliphatic carbocycles. The number of hydrogen-bond acceptors (Lipinski definition) is 4. The highest BCUT2D eigenvalue weighted by Crippen LogP contribution is 2.58. The highest BCUT2D eigenvalue weighted by atomic mass is 32.2. The fraction of sp³-hybridized carbons (Fsp3) is 0.950. The molecule has 0 spiro atoms. The molecule has 0 saturated heterocycles. The van der Waals surface area contributed by atoms with Gasteiger partial charge in [-0.1, -0.05) is 32.1 Å². The molecule has 9 heteroatoms. The first-order valence-corrected chi connectivity index (χ1v) is 12.2. The predicted octanol–water partition coefficient (Wildman–Crippen LogP) is 4.66. The van der Waals surface area contributed by atoms with Gasteiger partial charge in [-0.05, 0) is 68.6 Å². The van der Waals surface area contributed by atoms with E-state index in [0.717, 1.165) is 25.7 Å². The number of alkyl halides is 3. The number of carbonyl (C=O) groups is 1. The Hall–Kier alpha value is -0.830. The molecule has 0 aromatic carbocycles. The molecular formula is C20H29F3O5S. The van der Waals surface area contributed by atoms with Crippen molar-refractivity contribution in [2.75, 3.05) is 0 Å². The molecule has 5 nitrogen and oxygen atoms in total. The number of carbonyl (C=O) groups excluding carboxylic acids is 1. The molecule has 0 radical (unpaired) electrons. The summed E-state index contributed by atoms with van der Waals surface area (Å²) in [5, 5.41) is 0. The lowest BCUT2D eigenvalue weighted by Gasteiger charge is -2.56. The van der Waals surface area contributed by atoms with Crippen LogP contribution >= 0.6 is 0 Å². The molecule has 0 amide bonds. The average Bonchev–Trinajstić information content (AvgIpc) is 2.56. The van der Waals surface area contributed by atoms with E-state index < -0.39 is 45.0 Å². The van der Waals surface area contributed by atoms with E-state index in [0.29, 0.717) is 62.7 Å². The summed E-state index contributed by atoms with van der Waals surface area (Å²) in [6.07, 6.45) is 1.16. The van der Waals surface area contributed by atoms with Gasteiger partial charge in [0.05, 0.1) is 0 Å². The molecule has 29 heavy (non-hydrogen) atoms. The maximum absolute atomic E-state index is 14.2. The molecular weight excluding hydrogens is 409 g/mol. The number of rotatable bonds is 5. The van der Waals surface area contributed by atoms with E-state index in [4.69, 9.17) is 4.74 Å². The van der Waals surface area contributed by atoms with Crippen molar-refractivity contribution in [2.45, 2.75) is 93.6 Å². The molecule has 5 aliphatic rings. The number of halogens is 3. The van der Waals surface area contributed by atoms with Crippen LogP contribution in [0.1, 0.15) is 77.0 Å². The van der Waals surface area contributed by atoms with Gasteiger partial charge in [-0.25, -0.2) is 4.79 Å².